The van der Waals surface area contributed by atoms with E-state index in [2.05, 4.69) is 5.32 Å². The van der Waals surface area contributed by atoms with Crippen LogP contribution in [-0.4, -0.2) is 43.4 Å². The molecule has 0 spiro atoms. The van der Waals surface area contributed by atoms with Gasteiger partial charge < -0.3 is 16.0 Å². The van der Waals surface area contributed by atoms with E-state index in [-0.39, 0.29) is 24.3 Å². The number of nitrogens with zero attached hydrogens (tertiary/aromatic N) is 1. The van der Waals surface area contributed by atoms with Gasteiger partial charge in [0, 0.05) is 19.5 Å². The quantitative estimate of drug-likeness (QED) is 0.631. The van der Waals surface area contributed by atoms with Gasteiger partial charge in [0.25, 0.3) is 0 Å². The van der Waals surface area contributed by atoms with Gasteiger partial charge in [-0.1, -0.05) is 6.92 Å². The molecule has 1 unspecified atom stereocenters. The molecule has 0 aromatic carbocycles. The van der Waals surface area contributed by atoms with Gasteiger partial charge in [0.05, 0.1) is 6.54 Å². The van der Waals surface area contributed by atoms with Crippen molar-refractivity contribution in [1.29, 1.82) is 0 Å². The number of rotatable bonds is 6. The van der Waals surface area contributed by atoms with E-state index < -0.39 is 0 Å². The van der Waals surface area contributed by atoms with E-state index in [0.29, 0.717) is 19.5 Å². The Hall–Kier alpha value is -1.10. The zero-order valence-electron chi connectivity index (χ0n) is 9.75. The van der Waals surface area contributed by atoms with Gasteiger partial charge in [0.2, 0.25) is 11.8 Å². The molecule has 3 N–H and O–H groups in total. The van der Waals surface area contributed by atoms with Crippen LogP contribution in [0.25, 0.3) is 0 Å². The zero-order valence-corrected chi connectivity index (χ0v) is 9.75. The number of nitrogens with two attached hydrogens (primary N) is 1. The van der Waals surface area contributed by atoms with Crippen LogP contribution in [0.3, 0.4) is 0 Å². The van der Waals surface area contributed by atoms with Crippen molar-refractivity contribution in [3.8, 4) is 0 Å². The molecule has 0 heterocycles. The highest BCUT2D eigenvalue weighted by Crippen LogP contribution is 2.04. The second-order valence-corrected chi connectivity index (χ2v) is 3.63. The second kappa shape index (κ2) is 7.23. The first-order valence-electron chi connectivity index (χ1n) is 5.24. The minimum absolute atomic E-state index is 0.0355. The zero-order chi connectivity index (χ0) is 11.8. The Balaban J connectivity index is 4.03. The minimum atomic E-state index is -0.131. The smallest absolute Gasteiger partial charge is 0.239 e. The highest BCUT2D eigenvalue weighted by Gasteiger charge is 2.18. The molecule has 0 rings (SSSR count). The molecule has 88 valence electrons. The number of carbonyl (C=O) groups is 2. The number of nitrogens with one attached hydrogen (secondary N) is 1. The number of hydrogen-bond donors (Lipinski definition) is 2. The third-order valence-corrected chi connectivity index (χ3v) is 2.15. The second-order valence-electron chi connectivity index (χ2n) is 3.63. The summed E-state index contributed by atoms with van der Waals surface area (Å²) >= 11 is 0. The van der Waals surface area contributed by atoms with Crippen LogP contribution in [0.2, 0.25) is 0 Å². The largest absolute Gasteiger partial charge is 0.355 e. The molecular weight excluding hydrogens is 194 g/mol. The predicted molar refractivity (Wildman–Crippen MR) is 59.2 cm³/mol. The molecule has 0 aromatic heterocycles. The van der Waals surface area contributed by atoms with E-state index in [4.69, 9.17) is 5.73 Å². The monoisotopic (exact) mass is 215 g/mol. The molecule has 0 aliphatic heterocycles. The highest BCUT2D eigenvalue weighted by molar-refractivity contribution is 5.85. The van der Waals surface area contributed by atoms with Gasteiger partial charge in [-0.05, 0) is 19.9 Å². The maximum atomic E-state index is 11.7. The number of hydrogen-bond acceptors (Lipinski definition) is 3. The summed E-state index contributed by atoms with van der Waals surface area (Å²) < 4.78 is 0. The summed E-state index contributed by atoms with van der Waals surface area (Å²) in [6, 6.07) is 0. The number of amides is 2. The van der Waals surface area contributed by atoms with Crippen molar-refractivity contribution < 1.29 is 9.59 Å². The summed E-state index contributed by atoms with van der Waals surface area (Å²) in [5.41, 5.74) is 5.37. The summed E-state index contributed by atoms with van der Waals surface area (Å²) in [5, 5.41) is 2.64. The fourth-order valence-electron chi connectivity index (χ4n) is 1.30. The third-order valence-electron chi connectivity index (χ3n) is 2.15. The van der Waals surface area contributed by atoms with Gasteiger partial charge in [0.15, 0.2) is 0 Å². The third kappa shape index (κ3) is 5.37. The van der Waals surface area contributed by atoms with Crippen molar-refractivity contribution in [2.75, 3.05) is 26.7 Å². The first kappa shape index (κ1) is 13.9. The molecular formula is C10H21N3O2. The highest BCUT2D eigenvalue weighted by atomic mass is 16.2. The van der Waals surface area contributed by atoms with Crippen LogP contribution in [0.5, 0.6) is 0 Å². The Bertz CT molecular complexity index is 219. The van der Waals surface area contributed by atoms with Crippen molar-refractivity contribution in [1.82, 2.24) is 10.2 Å². The molecule has 0 saturated carbocycles. The summed E-state index contributed by atoms with van der Waals surface area (Å²) in [5.74, 6) is -0.283. The standard InChI is InChI=1S/C10H21N3O2/c1-4-12-9(14)7-13(3)10(15)8(2)5-6-11/h8H,4-7,11H2,1-3H3,(H,12,14). The van der Waals surface area contributed by atoms with Gasteiger partial charge >= 0.3 is 0 Å². The molecule has 0 bridgehead atoms. The van der Waals surface area contributed by atoms with Crippen LogP contribution in [-0.2, 0) is 9.59 Å². The summed E-state index contributed by atoms with van der Waals surface area (Å²) in [6.45, 7) is 4.85. The number of carbonyl (C=O) groups excluding carboxylic acids is 2. The summed E-state index contributed by atoms with van der Waals surface area (Å²) in [4.78, 5) is 24.3. The Kier molecular flexibility index (Phi) is 6.70. The van der Waals surface area contributed by atoms with Gasteiger partial charge in [-0.2, -0.15) is 0 Å². The van der Waals surface area contributed by atoms with Crippen LogP contribution >= 0.6 is 0 Å². The molecule has 15 heavy (non-hydrogen) atoms. The minimum Gasteiger partial charge on any atom is -0.355 e. The Morgan fingerprint density at radius 2 is 2.07 bits per heavy atom. The lowest BCUT2D eigenvalue weighted by atomic mass is 10.1. The van der Waals surface area contributed by atoms with Crippen LogP contribution in [0.4, 0.5) is 0 Å². The van der Waals surface area contributed by atoms with Gasteiger partial charge in [0.1, 0.15) is 0 Å². The fraction of sp³-hybridized carbons (Fsp3) is 0.800. The molecule has 0 aliphatic rings. The fourth-order valence-corrected chi connectivity index (χ4v) is 1.30. The maximum Gasteiger partial charge on any atom is 0.239 e. The summed E-state index contributed by atoms with van der Waals surface area (Å²) in [6.07, 6.45) is 0.651. The molecule has 0 saturated heterocycles. The SMILES string of the molecule is CCNC(=O)CN(C)C(=O)C(C)CCN. The maximum absolute atomic E-state index is 11.7. The van der Waals surface area contributed by atoms with E-state index in [0.717, 1.165) is 0 Å². The molecule has 0 radical (unpaired) electrons. The molecule has 0 fully saturated rings. The van der Waals surface area contributed by atoms with Crippen LogP contribution in [0.1, 0.15) is 20.3 Å². The Labute approximate surface area is 91.0 Å². The lowest BCUT2D eigenvalue weighted by Crippen LogP contribution is -2.40. The molecule has 0 aliphatic carbocycles. The van der Waals surface area contributed by atoms with Gasteiger partial charge in [-0.3, -0.25) is 9.59 Å². The predicted octanol–water partition coefficient (Wildman–Crippen LogP) is -0.434. The van der Waals surface area contributed by atoms with Crippen molar-refractivity contribution in [3.63, 3.8) is 0 Å². The molecule has 5 heteroatoms. The molecule has 0 aromatic rings. The molecule has 2 amide bonds. The van der Waals surface area contributed by atoms with E-state index in [9.17, 15) is 9.59 Å². The van der Waals surface area contributed by atoms with Gasteiger partial charge in [-0.25, -0.2) is 0 Å². The Morgan fingerprint density at radius 1 is 1.47 bits per heavy atom. The average Bonchev–Trinajstić information content (AvgIpc) is 2.17. The van der Waals surface area contributed by atoms with Crippen LogP contribution in [0.15, 0.2) is 0 Å². The van der Waals surface area contributed by atoms with Crippen molar-refractivity contribution in [2.45, 2.75) is 20.3 Å². The van der Waals surface area contributed by atoms with E-state index >= 15 is 0 Å². The van der Waals surface area contributed by atoms with Crippen LogP contribution < -0.4 is 11.1 Å². The topological polar surface area (TPSA) is 75.4 Å². The molecule has 1 atom stereocenters. The van der Waals surface area contributed by atoms with Crippen molar-refractivity contribution in [3.05, 3.63) is 0 Å². The van der Waals surface area contributed by atoms with Crippen LogP contribution in [0, 0.1) is 5.92 Å². The Morgan fingerprint density at radius 3 is 2.53 bits per heavy atom. The van der Waals surface area contributed by atoms with E-state index in [1.165, 1.54) is 4.90 Å². The summed E-state index contributed by atoms with van der Waals surface area (Å²) in [7, 11) is 1.63. The van der Waals surface area contributed by atoms with Crippen molar-refractivity contribution in [2.24, 2.45) is 11.7 Å². The van der Waals surface area contributed by atoms with Gasteiger partial charge in [-0.15, -0.1) is 0 Å². The first-order chi connectivity index (χ1) is 7.02. The normalized spacial score (nSPS) is 12.0. The number of likely N-dealkylation sites (N-methyl/N-ethyl adjacent to an activating group) is 2. The molecule has 5 nitrogen and oxygen atoms in total. The lowest BCUT2D eigenvalue weighted by molar-refractivity contribution is -0.137. The first-order valence-corrected chi connectivity index (χ1v) is 5.24. The van der Waals surface area contributed by atoms with E-state index in [1.807, 2.05) is 13.8 Å². The van der Waals surface area contributed by atoms with Crippen molar-refractivity contribution >= 4 is 11.8 Å². The van der Waals surface area contributed by atoms with E-state index in [1.54, 1.807) is 7.05 Å². The lowest BCUT2D eigenvalue weighted by Gasteiger charge is -2.20. The average molecular weight is 215 g/mol.